The van der Waals surface area contributed by atoms with E-state index in [1.165, 1.54) is 12.1 Å². The van der Waals surface area contributed by atoms with Gasteiger partial charge in [-0.15, -0.1) is 5.10 Å². The molecule has 0 radical (unpaired) electrons. The molecule has 19 heavy (non-hydrogen) atoms. The van der Waals surface area contributed by atoms with Crippen molar-refractivity contribution in [2.75, 3.05) is 5.32 Å². The van der Waals surface area contributed by atoms with Crippen LogP contribution in [0.15, 0.2) is 23.6 Å². The highest BCUT2D eigenvalue weighted by atomic mass is 32.1. The molecular weight excluding hydrogens is 277 g/mol. The summed E-state index contributed by atoms with van der Waals surface area (Å²) in [4.78, 5) is 0. The van der Waals surface area contributed by atoms with Crippen LogP contribution in [0.3, 0.4) is 0 Å². The second-order valence-electron chi connectivity index (χ2n) is 3.62. The van der Waals surface area contributed by atoms with E-state index in [0.29, 0.717) is 5.69 Å². The van der Waals surface area contributed by atoms with Crippen molar-refractivity contribution in [2.24, 2.45) is 0 Å². The van der Waals surface area contributed by atoms with Crippen molar-refractivity contribution < 1.29 is 13.2 Å². The number of anilines is 1. The summed E-state index contributed by atoms with van der Waals surface area (Å²) in [5, 5.41) is 16.7. The van der Waals surface area contributed by atoms with Gasteiger partial charge in [-0.05, 0) is 29.7 Å². The molecule has 0 unspecified atom stereocenters. The Hall–Kier alpha value is -2.14. The first-order valence-corrected chi connectivity index (χ1v) is 5.95. The fourth-order valence-corrected chi connectivity index (χ4v) is 1.90. The lowest BCUT2D eigenvalue weighted by molar-refractivity contribution is -0.137. The van der Waals surface area contributed by atoms with Crippen molar-refractivity contribution in [3.05, 3.63) is 40.4 Å². The van der Waals surface area contributed by atoms with E-state index in [-0.39, 0.29) is 17.8 Å². The second-order valence-corrected chi connectivity index (χ2v) is 4.23. The minimum atomic E-state index is -4.52. The van der Waals surface area contributed by atoms with Crippen molar-refractivity contribution in [3.63, 3.8) is 0 Å². The van der Waals surface area contributed by atoms with Gasteiger partial charge in [0.05, 0.1) is 29.4 Å². The zero-order valence-electron chi connectivity index (χ0n) is 9.40. The molecule has 0 aliphatic rings. The van der Waals surface area contributed by atoms with Crippen molar-refractivity contribution in [1.82, 2.24) is 9.59 Å². The molecule has 2 aromatic rings. The number of nitrogens with one attached hydrogen (secondary N) is 1. The van der Waals surface area contributed by atoms with E-state index in [0.717, 1.165) is 17.6 Å². The molecule has 1 N–H and O–H groups in total. The Balaban J connectivity index is 2.27. The molecule has 0 saturated carbocycles. The molecule has 1 heterocycles. The molecule has 0 atom stereocenters. The van der Waals surface area contributed by atoms with E-state index in [4.69, 9.17) is 5.26 Å². The summed E-state index contributed by atoms with van der Waals surface area (Å²) in [6.07, 6.45) is -4.52. The van der Waals surface area contributed by atoms with Crippen molar-refractivity contribution in [2.45, 2.75) is 12.7 Å². The minimum absolute atomic E-state index is 0.0341. The molecule has 0 fully saturated rings. The Kier molecular flexibility index (Phi) is 3.66. The Morgan fingerprint density at radius 1 is 1.37 bits per heavy atom. The number of nitriles is 1. The Bertz CT molecular complexity index is 601. The van der Waals surface area contributed by atoms with E-state index >= 15 is 0 Å². The topological polar surface area (TPSA) is 61.6 Å². The van der Waals surface area contributed by atoms with Gasteiger partial charge in [-0.25, -0.2) is 0 Å². The lowest BCUT2D eigenvalue weighted by atomic mass is 10.1. The largest absolute Gasteiger partial charge is 0.418 e. The number of hydrogen-bond acceptors (Lipinski definition) is 5. The van der Waals surface area contributed by atoms with Crippen LogP contribution in [-0.2, 0) is 12.7 Å². The number of benzene rings is 1. The monoisotopic (exact) mass is 284 g/mol. The van der Waals surface area contributed by atoms with E-state index in [9.17, 15) is 13.2 Å². The number of alkyl halides is 3. The molecule has 2 rings (SSSR count). The Morgan fingerprint density at radius 2 is 2.16 bits per heavy atom. The van der Waals surface area contributed by atoms with Crippen LogP contribution < -0.4 is 5.32 Å². The fourth-order valence-electron chi connectivity index (χ4n) is 1.45. The molecule has 1 aromatic heterocycles. The predicted octanol–water partition coefficient (Wildman–Crippen LogP) is 3.04. The average molecular weight is 284 g/mol. The van der Waals surface area contributed by atoms with Gasteiger partial charge in [-0.3, -0.25) is 0 Å². The van der Waals surface area contributed by atoms with Gasteiger partial charge in [0, 0.05) is 11.1 Å². The SMILES string of the molecule is N#Cc1ccc(NCc2csnn2)c(C(F)(F)F)c1. The Labute approximate surface area is 110 Å². The lowest BCUT2D eigenvalue weighted by Gasteiger charge is -2.14. The van der Waals surface area contributed by atoms with Crippen LogP contribution in [0, 0.1) is 11.3 Å². The standard InChI is InChI=1S/C11H7F3N4S/c12-11(13,14)9-3-7(4-15)1-2-10(9)16-5-8-6-19-18-17-8/h1-3,6,16H,5H2. The highest BCUT2D eigenvalue weighted by Crippen LogP contribution is 2.35. The van der Waals surface area contributed by atoms with Gasteiger partial charge < -0.3 is 5.32 Å². The summed E-state index contributed by atoms with van der Waals surface area (Å²) < 4.78 is 42.2. The van der Waals surface area contributed by atoms with Gasteiger partial charge >= 0.3 is 6.18 Å². The van der Waals surface area contributed by atoms with Crippen LogP contribution in [0.25, 0.3) is 0 Å². The molecule has 4 nitrogen and oxygen atoms in total. The zero-order chi connectivity index (χ0) is 13.9. The smallest absolute Gasteiger partial charge is 0.379 e. The van der Waals surface area contributed by atoms with E-state index in [1.54, 1.807) is 11.4 Å². The highest BCUT2D eigenvalue weighted by molar-refractivity contribution is 7.03. The first-order valence-electron chi connectivity index (χ1n) is 5.12. The van der Waals surface area contributed by atoms with Crippen LogP contribution in [0.1, 0.15) is 16.8 Å². The summed E-state index contributed by atoms with van der Waals surface area (Å²) in [7, 11) is 0. The van der Waals surface area contributed by atoms with Crippen LogP contribution in [0.2, 0.25) is 0 Å². The lowest BCUT2D eigenvalue weighted by Crippen LogP contribution is -2.11. The van der Waals surface area contributed by atoms with Crippen LogP contribution in [0.5, 0.6) is 0 Å². The first kappa shape index (κ1) is 13.3. The van der Waals surface area contributed by atoms with Gasteiger partial charge in [0.25, 0.3) is 0 Å². The molecule has 0 aliphatic carbocycles. The minimum Gasteiger partial charge on any atom is -0.379 e. The highest BCUT2D eigenvalue weighted by Gasteiger charge is 2.33. The van der Waals surface area contributed by atoms with Crippen LogP contribution >= 0.6 is 11.5 Å². The molecule has 0 amide bonds. The third-order valence-electron chi connectivity index (χ3n) is 2.32. The van der Waals surface area contributed by atoms with E-state index in [1.807, 2.05) is 0 Å². The van der Waals surface area contributed by atoms with E-state index in [2.05, 4.69) is 14.9 Å². The van der Waals surface area contributed by atoms with Crippen molar-refractivity contribution in [1.29, 1.82) is 5.26 Å². The molecular formula is C11H7F3N4S. The maximum atomic E-state index is 12.9. The van der Waals surface area contributed by atoms with E-state index < -0.39 is 11.7 Å². The number of halogens is 3. The third kappa shape index (κ3) is 3.20. The summed E-state index contributed by atoms with van der Waals surface area (Å²) in [6, 6.07) is 5.08. The van der Waals surface area contributed by atoms with Crippen molar-refractivity contribution >= 4 is 17.2 Å². The van der Waals surface area contributed by atoms with Gasteiger partial charge in [0.1, 0.15) is 0 Å². The third-order valence-corrected chi connectivity index (χ3v) is 2.87. The first-order chi connectivity index (χ1) is 9.00. The molecule has 0 spiro atoms. The molecule has 0 bridgehead atoms. The summed E-state index contributed by atoms with van der Waals surface area (Å²) in [5.74, 6) is 0. The number of hydrogen-bond donors (Lipinski definition) is 1. The summed E-state index contributed by atoms with van der Waals surface area (Å²) in [6.45, 7) is 0.144. The predicted molar refractivity (Wildman–Crippen MR) is 63.4 cm³/mol. The quantitative estimate of drug-likeness (QED) is 0.941. The maximum absolute atomic E-state index is 12.9. The zero-order valence-corrected chi connectivity index (χ0v) is 10.2. The second kappa shape index (κ2) is 5.24. The van der Waals surface area contributed by atoms with Crippen LogP contribution in [0.4, 0.5) is 18.9 Å². The molecule has 0 aliphatic heterocycles. The molecule has 98 valence electrons. The van der Waals surface area contributed by atoms with Gasteiger partial charge in [0.15, 0.2) is 0 Å². The average Bonchev–Trinajstić information content (AvgIpc) is 2.88. The summed E-state index contributed by atoms with van der Waals surface area (Å²) in [5.41, 5.74) is -0.426. The fraction of sp³-hybridized carbons (Fsp3) is 0.182. The van der Waals surface area contributed by atoms with Gasteiger partial charge in [-0.2, -0.15) is 18.4 Å². The molecule has 0 saturated heterocycles. The maximum Gasteiger partial charge on any atom is 0.418 e. The van der Waals surface area contributed by atoms with Gasteiger partial charge in [-0.1, -0.05) is 4.49 Å². The number of rotatable bonds is 3. The molecule has 8 heteroatoms. The summed E-state index contributed by atoms with van der Waals surface area (Å²) >= 11 is 1.12. The number of aromatic nitrogens is 2. The molecule has 1 aromatic carbocycles. The normalized spacial score (nSPS) is 11.1. The Morgan fingerprint density at radius 3 is 2.74 bits per heavy atom. The van der Waals surface area contributed by atoms with Crippen molar-refractivity contribution in [3.8, 4) is 6.07 Å². The van der Waals surface area contributed by atoms with Gasteiger partial charge in [0.2, 0.25) is 0 Å². The number of nitrogens with zero attached hydrogens (tertiary/aromatic N) is 3. The van der Waals surface area contributed by atoms with Crippen LogP contribution in [-0.4, -0.2) is 9.59 Å².